The molecule has 1 fully saturated rings. The number of halogens is 1. The van der Waals surface area contributed by atoms with E-state index in [0.717, 1.165) is 36.0 Å². The van der Waals surface area contributed by atoms with Crippen LogP contribution in [0.4, 0.5) is 5.69 Å². The molecule has 20 heavy (non-hydrogen) atoms. The average molecular weight is 297 g/mol. The predicted molar refractivity (Wildman–Crippen MR) is 86.1 cm³/mol. The smallest absolute Gasteiger partial charge is 0.142 e. The van der Waals surface area contributed by atoms with Gasteiger partial charge < -0.3 is 15.0 Å². The molecule has 1 saturated heterocycles. The summed E-state index contributed by atoms with van der Waals surface area (Å²) in [6.07, 6.45) is 3.52. The average Bonchev–Trinajstić information content (AvgIpc) is 2.45. The first-order chi connectivity index (χ1) is 9.65. The van der Waals surface area contributed by atoms with Crippen molar-refractivity contribution >= 4 is 17.3 Å². The summed E-state index contributed by atoms with van der Waals surface area (Å²) < 4.78 is 5.48. The number of rotatable bonds is 5. The van der Waals surface area contributed by atoms with E-state index in [1.54, 1.807) is 7.11 Å². The van der Waals surface area contributed by atoms with E-state index < -0.39 is 0 Å². The van der Waals surface area contributed by atoms with Gasteiger partial charge in [0.05, 0.1) is 12.8 Å². The van der Waals surface area contributed by atoms with Crippen molar-refractivity contribution in [3.63, 3.8) is 0 Å². The van der Waals surface area contributed by atoms with E-state index in [4.69, 9.17) is 16.3 Å². The minimum absolute atomic E-state index is 0.491. The zero-order valence-electron chi connectivity index (χ0n) is 12.7. The molecular formula is C16H25ClN2O. The van der Waals surface area contributed by atoms with Crippen molar-refractivity contribution in [2.75, 3.05) is 25.1 Å². The van der Waals surface area contributed by atoms with Gasteiger partial charge in [-0.15, -0.1) is 0 Å². The minimum atomic E-state index is 0.491. The van der Waals surface area contributed by atoms with Gasteiger partial charge in [-0.1, -0.05) is 18.5 Å². The fraction of sp³-hybridized carbons (Fsp3) is 0.625. The number of benzene rings is 1. The summed E-state index contributed by atoms with van der Waals surface area (Å²) >= 11 is 6.14. The predicted octanol–water partition coefficient (Wildman–Crippen LogP) is 3.71. The number of anilines is 1. The van der Waals surface area contributed by atoms with Crippen LogP contribution in [-0.4, -0.2) is 32.3 Å². The lowest BCUT2D eigenvalue weighted by Gasteiger charge is -2.40. The van der Waals surface area contributed by atoms with Crippen LogP contribution in [0.1, 0.15) is 33.1 Å². The monoisotopic (exact) mass is 296 g/mol. The molecule has 0 aromatic heterocycles. The number of hydrogen-bond donors (Lipinski definition) is 1. The Labute approximate surface area is 127 Å². The normalized spacial score (nSPS) is 22.9. The Morgan fingerprint density at radius 1 is 1.45 bits per heavy atom. The van der Waals surface area contributed by atoms with Gasteiger partial charge in [0.25, 0.3) is 0 Å². The number of nitrogens with zero attached hydrogens (tertiary/aromatic N) is 1. The van der Waals surface area contributed by atoms with Crippen LogP contribution < -0.4 is 15.0 Å². The Kier molecular flexibility index (Phi) is 5.55. The Morgan fingerprint density at radius 3 is 2.90 bits per heavy atom. The molecule has 1 heterocycles. The van der Waals surface area contributed by atoms with E-state index in [-0.39, 0.29) is 0 Å². The van der Waals surface area contributed by atoms with Crippen LogP contribution in [0.3, 0.4) is 0 Å². The van der Waals surface area contributed by atoms with Gasteiger partial charge in [-0.3, -0.25) is 0 Å². The Balaban J connectivity index is 2.09. The van der Waals surface area contributed by atoms with E-state index in [2.05, 4.69) is 24.1 Å². The number of piperidine rings is 1. The van der Waals surface area contributed by atoms with Crippen molar-refractivity contribution < 1.29 is 4.74 Å². The van der Waals surface area contributed by atoms with E-state index in [1.165, 1.54) is 12.8 Å². The SMILES string of the molecule is CCCNC1CCN(c2cc(Cl)ccc2OC)C(C)C1. The Hall–Kier alpha value is -0.930. The second-order valence-corrected chi connectivity index (χ2v) is 5.97. The third-order valence-electron chi connectivity index (χ3n) is 4.01. The summed E-state index contributed by atoms with van der Waals surface area (Å²) in [5.41, 5.74) is 1.11. The first kappa shape index (κ1) is 15.5. The topological polar surface area (TPSA) is 24.5 Å². The first-order valence-electron chi connectivity index (χ1n) is 7.49. The molecule has 0 bridgehead atoms. The lowest BCUT2D eigenvalue weighted by molar-refractivity contribution is 0.362. The molecule has 2 rings (SSSR count). The number of ether oxygens (including phenoxy) is 1. The van der Waals surface area contributed by atoms with Gasteiger partial charge in [0, 0.05) is 23.7 Å². The summed E-state index contributed by atoms with van der Waals surface area (Å²) in [6.45, 7) is 6.64. The molecule has 1 aromatic carbocycles. The number of nitrogens with one attached hydrogen (secondary N) is 1. The van der Waals surface area contributed by atoms with Crippen LogP contribution in [0.5, 0.6) is 5.75 Å². The molecule has 1 N–H and O–H groups in total. The van der Waals surface area contributed by atoms with Gasteiger partial charge in [-0.25, -0.2) is 0 Å². The van der Waals surface area contributed by atoms with E-state index in [9.17, 15) is 0 Å². The molecule has 1 aromatic rings. The highest BCUT2D eigenvalue weighted by Gasteiger charge is 2.27. The Morgan fingerprint density at radius 2 is 2.25 bits per heavy atom. The van der Waals surface area contributed by atoms with E-state index in [0.29, 0.717) is 12.1 Å². The fourth-order valence-corrected chi connectivity index (χ4v) is 3.12. The van der Waals surface area contributed by atoms with Crippen molar-refractivity contribution in [1.82, 2.24) is 5.32 Å². The standard InChI is InChI=1S/C16H25ClN2O/c1-4-8-18-14-7-9-19(12(2)10-14)15-11-13(17)5-6-16(15)20-3/h5-6,11-12,14,18H,4,7-10H2,1-3H3. The summed E-state index contributed by atoms with van der Waals surface area (Å²) in [6, 6.07) is 6.96. The van der Waals surface area contributed by atoms with Crippen LogP contribution in [0.2, 0.25) is 5.02 Å². The van der Waals surface area contributed by atoms with Crippen LogP contribution >= 0.6 is 11.6 Å². The van der Waals surface area contributed by atoms with Gasteiger partial charge in [0.1, 0.15) is 5.75 Å². The molecular weight excluding hydrogens is 272 g/mol. The molecule has 2 unspecified atom stereocenters. The highest BCUT2D eigenvalue weighted by molar-refractivity contribution is 6.30. The molecule has 0 saturated carbocycles. The molecule has 0 radical (unpaired) electrons. The van der Waals surface area contributed by atoms with Crippen molar-refractivity contribution in [2.24, 2.45) is 0 Å². The molecule has 0 spiro atoms. The van der Waals surface area contributed by atoms with Gasteiger partial charge in [0.15, 0.2) is 0 Å². The maximum Gasteiger partial charge on any atom is 0.142 e. The molecule has 2 atom stereocenters. The van der Waals surface area contributed by atoms with Gasteiger partial charge >= 0.3 is 0 Å². The zero-order valence-corrected chi connectivity index (χ0v) is 13.4. The first-order valence-corrected chi connectivity index (χ1v) is 7.87. The summed E-state index contributed by atoms with van der Waals surface area (Å²) in [4.78, 5) is 2.41. The molecule has 1 aliphatic heterocycles. The van der Waals surface area contributed by atoms with Crippen molar-refractivity contribution in [1.29, 1.82) is 0 Å². The lowest BCUT2D eigenvalue weighted by Crippen LogP contribution is -2.47. The molecule has 0 amide bonds. The van der Waals surface area contributed by atoms with Gasteiger partial charge in [-0.05, 0) is 50.9 Å². The summed E-state index contributed by atoms with van der Waals surface area (Å²) in [5.74, 6) is 0.904. The van der Waals surface area contributed by atoms with Crippen LogP contribution in [-0.2, 0) is 0 Å². The van der Waals surface area contributed by atoms with Crippen LogP contribution in [0, 0.1) is 0 Å². The van der Waals surface area contributed by atoms with Gasteiger partial charge in [-0.2, -0.15) is 0 Å². The fourth-order valence-electron chi connectivity index (χ4n) is 2.95. The maximum atomic E-state index is 6.14. The second kappa shape index (κ2) is 7.19. The van der Waals surface area contributed by atoms with Crippen LogP contribution in [0.25, 0.3) is 0 Å². The highest BCUT2D eigenvalue weighted by atomic mass is 35.5. The van der Waals surface area contributed by atoms with E-state index in [1.807, 2.05) is 18.2 Å². The molecule has 4 heteroatoms. The quantitative estimate of drug-likeness (QED) is 0.896. The maximum absolute atomic E-state index is 6.14. The van der Waals surface area contributed by atoms with E-state index >= 15 is 0 Å². The van der Waals surface area contributed by atoms with Crippen molar-refractivity contribution in [3.8, 4) is 5.75 Å². The molecule has 112 valence electrons. The summed E-state index contributed by atoms with van der Waals surface area (Å²) in [5, 5.41) is 4.39. The molecule has 1 aliphatic rings. The second-order valence-electron chi connectivity index (χ2n) is 5.53. The van der Waals surface area contributed by atoms with Crippen LogP contribution in [0.15, 0.2) is 18.2 Å². The van der Waals surface area contributed by atoms with Crippen molar-refractivity contribution in [2.45, 2.75) is 45.2 Å². The lowest BCUT2D eigenvalue weighted by atomic mass is 9.97. The minimum Gasteiger partial charge on any atom is -0.495 e. The molecule has 3 nitrogen and oxygen atoms in total. The summed E-state index contributed by atoms with van der Waals surface area (Å²) in [7, 11) is 1.72. The Bertz CT molecular complexity index is 438. The number of hydrogen-bond acceptors (Lipinski definition) is 3. The highest BCUT2D eigenvalue weighted by Crippen LogP contribution is 2.35. The van der Waals surface area contributed by atoms with Crippen molar-refractivity contribution in [3.05, 3.63) is 23.2 Å². The third-order valence-corrected chi connectivity index (χ3v) is 4.24. The molecule has 0 aliphatic carbocycles. The van der Waals surface area contributed by atoms with Gasteiger partial charge in [0.2, 0.25) is 0 Å². The largest absolute Gasteiger partial charge is 0.495 e. The number of methoxy groups -OCH3 is 1. The zero-order chi connectivity index (χ0) is 14.5. The third kappa shape index (κ3) is 3.58.